The maximum atomic E-state index is 8.85. The van der Waals surface area contributed by atoms with Gasteiger partial charge in [0.1, 0.15) is 10.4 Å². The standard InChI is InChI=1S/C6H7BBrNO3/c1-12-5-2-6(8)9-3-4(5)7(10)11/h2-3,10-11H,1H3. The Morgan fingerprint density at radius 1 is 1.58 bits per heavy atom. The summed E-state index contributed by atoms with van der Waals surface area (Å²) in [7, 11) is -0.103. The number of hydrogen-bond acceptors (Lipinski definition) is 4. The van der Waals surface area contributed by atoms with Crippen LogP contribution in [-0.2, 0) is 0 Å². The molecule has 0 saturated heterocycles. The van der Waals surface area contributed by atoms with Crippen LogP contribution in [0.15, 0.2) is 16.9 Å². The Balaban J connectivity index is 3.11. The summed E-state index contributed by atoms with van der Waals surface area (Å²) >= 11 is 3.13. The number of ether oxygens (including phenoxy) is 1. The Bertz CT molecular complexity index is 281. The third-order valence-electron chi connectivity index (χ3n) is 1.36. The van der Waals surface area contributed by atoms with Gasteiger partial charge in [0.05, 0.1) is 7.11 Å². The second-order valence-corrected chi connectivity index (χ2v) is 2.94. The number of methoxy groups -OCH3 is 1. The SMILES string of the molecule is COc1cc(Br)ncc1B(O)O. The van der Waals surface area contributed by atoms with E-state index in [4.69, 9.17) is 14.8 Å². The minimum absolute atomic E-state index is 0.251. The molecule has 0 bridgehead atoms. The van der Waals surface area contributed by atoms with E-state index in [9.17, 15) is 0 Å². The largest absolute Gasteiger partial charge is 0.497 e. The fourth-order valence-electron chi connectivity index (χ4n) is 0.794. The third-order valence-corrected chi connectivity index (χ3v) is 1.79. The lowest BCUT2D eigenvalue weighted by Gasteiger charge is -2.06. The van der Waals surface area contributed by atoms with Crippen molar-refractivity contribution in [1.29, 1.82) is 0 Å². The van der Waals surface area contributed by atoms with E-state index >= 15 is 0 Å². The van der Waals surface area contributed by atoms with Crippen LogP contribution in [-0.4, -0.2) is 29.3 Å². The summed E-state index contributed by atoms with van der Waals surface area (Å²) < 4.78 is 5.48. The zero-order valence-electron chi connectivity index (χ0n) is 6.36. The number of nitrogens with zero attached hydrogens (tertiary/aromatic N) is 1. The van der Waals surface area contributed by atoms with Crippen molar-refractivity contribution in [2.24, 2.45) is 0 Å². The van der Waals surface area contributed by atoms with Crippen LogP contribution < -0.4 is 10.2 Å². The minimum atomic E-state index is -1.56. The van der Waals surface area contributed by atoms with Crippen molar-refractivity contribution in [2.45, 2.75) is 0 Å². The van der Waals surface area contributed by atoms with Gasteiger partial charge in [-0.25, -0.2) is 4.98 Å². The van der Waals surface area contributed by atoms with Gasteiger partial charge < -0.3 is 14.8 Å². The van der Waals surface area contributed by atoms with Crippen molar-refractivity contribution < 1.29 is 14.8 Å². The van der Waals surface area contributed by atoms with Gasteiger partial charge in [-0.3, -0.25) is 0 Å². The van der Waals surface area contributed by atoms with Gasteiger partial charge in [0.15, 0.2) is 0 Å². The molecule has 0 unspecified atom stereocenters. The topological polar surface area (TPSA) is 62.6 Å². The van der Waals surface area contributed by atoms with Gasteiger partial charge in [0.25, 0.3) is 0 Å². The highest BCUT2D eigenvalue weighted by molar-refractivity contribution is 9.10. The first-order chi connectivity index (χ1) is 5.65. The Kier molecular flexibility index (Phi) is 3.08. The molecule has 4 nitrogen and oxygen atoms in total. The second kappa shape index (κ2) is 3.89. The van der Waals surface area contributed by atoms with Gasteiger partial charge >= 0.3 is 7.12 Å². The van der Waals surface area contributed by atoms with Crippen LogP contribution in [0, 0.1) is 0 Å². The number of aromatic nitrogens is 1. The normalized spacial score (nSPS) is 9.67. The molecule has 0 amide bonds. The monoisotopic (exact) mass is 231 g/mol. The van der Waals surface area contributed by atoms with E-state index in [1.54, 1.807) is 6.07 Å². The number of hydrogen-bond donors (Lipinski definition) is 2. The van der Waals surface area contributed by atoms with Crippen LogP contribution in [0.2, 0.25) is 0 Å². The van der Waals surface area contributed by atoms with E-state index in [2.05, 4.69) is 20.9 Å². The van der Waals surface area contributed by atoms with Crippen LogP contribution >= 0.6 is 15.9 Å². The molecule has 1 aromatic rings. The zero-order chi connectivity index (χ0) is 9.14. The summed E-state index contributed by atoms with van der Waals surface area (Å²) in [6.07, 6.45) is 1.34. The van der Waals surface area contributed by atoms with Crippen LogP contribution in [0.25, 0.3) is 0 Å². The van der Waals surface area contributed by atoms with E-state index in [-0.39, 0.29) is 5.46 Å². The minimum Gasteiger partial charge on any atom is -0.497 e. The molecule has 0 saturated carbocycles. The van der Waals surface area contributed by atoms with Crippen LogP contribution in [0.5, 0.6) is 5.75 Å². The maximum Gasteiger partial charge on any atom is 0.493 e. The molecular weight excluding hydrogens is 225 g/mol. The zero-order valence-corrected chi connectivity index (χ0v) is 7.95. The number of rotatable bonds is 2. The molecule has 0 atom stereocenters. The summed E-state index contributed by atoms with van der Waals surface area (Å²) in [6.45, 7) is 0. The Labute approximate surface area is 78.5 Å². The highest BCUT2D eigenvalue weighted by Gasteiger charge is 2.17. The fourth-order valence-corrected chi connectivity index (χ4v) is 1.10. The van der Waals surface area contributed by atoms with Crippen LogP contribution in [0.1, 0.15) is 0 Å². The molecule has 64 valence electrons. The van der Waals surface area contributed by atoms with Gasteiger partial charge in [-0.15, -0.1) is 0 Å². The third kappa shape index (κ3) is 1.97. The Hall–Kier alpha value is -0.585. The number of halogens is 1. The molecule has 1 rings (SSSR count). The molecule has 0 fully saturated rings. The number of pyridine rings is 1. The van der Waals surface area contributed by atoms with E-state index in [1.165, 1.54) is 13.3 Å². The van der Waals surface area contributed by atoms with Gasteiger partial charge in [0, 0.05) is 17.7 Å². The summed E-state index contributed by atoms with van der Waals surface area (Å²) in [5.41, 5.74) is 0.251. The molecule has 0 aliphatic heterocycles. The fraction of sp³-hybridized carbons (Fsp3) is 0.167. The van der Waals surface area contributed by atoms with Crippen molar-refractivity contribution in [2.75, 3.05) is 7.11 Å². The molecule has 0 radical (unpaired) electrons. The van der Waals surface area contributed by atoms with Crippen molar-refractivity contribution in [3.8, 4) is 5.75 Å². The summed E-state index contributed by atoms with van der Waals surface area (Å²) in [4.78, 5) is 3.83. The second-order valence-electron chi connectivity index (χ2n) is 2.12. The van der Waals surface area contributed by atoms with Crippen molar-refractivity contribution in [3.05, 3.63) is 16.9 Å². The van der Waals surface area contributed by atoms with Crippen molar-refractivity contribution in [3.63, 3.8) is 0 Å². The predicted octanol–water partition coefficient (Wildman–Crippen LogP) is -0.468. The molecule has 0 aliphatic rings. The van der Waals surface area contributed by atoms with Gasteiger partial charge in [-0.1, -0.05) is 0 Å². The van der Waals surface area contributed by atoms with E-state index in [0.29, 0.717) is 10.4 Å². The van der Waals surface area contributed by atoms with Gasteiger partial charge in [-0.2, -0.15) is 0 Å². The average molecular weight is 232 g/mol. The lowest BCUT2D eigenvalue weighted by Crippen LogP contribution is -2.31. The predicted molar refractivity (Wildman–Crippen MR) is 48.3 cm³/mol. The summed E-state index contributed by atoms with van der Waals surface area (Å²) in [5.74, 6) is 0.395. The quantitative estimate of drug-likeness (QED) is 0.534. The first-order valence-corrected chi connectivity index (χ1v) is 4.00. The van der Waals surface area contributed by atoms with Gasteiger partial charge in [-0.05, 0) is 15.9 Å². The Morgan fingerprint density at radius 2 is 2.25 bits per heavy atom. The van der Waals surface area contributed by atoms with Crippen molar-refractivity contribution in [1.82, 2.24) is 4.98 Å². The highest BCUT2D eigenvalue weighted by atomic mass is 79.9. The molecular formula is C6H7BBrNO3. The average Bonchev–Trinajstić information content (AvgIpc) is 2.03. The lowest BCUT2D eigenvalue weighted by atomic mass is 9.81. The molecule has 0 aliphatic carbocycles. The van der Waals surface area contributed by atoms with E-state index in [1.807, 2.05) is 0 Å². The molecule has 6 heteroatoms. The first kappa shape index (κ1) is 9.50. The molecule has 0 spiro atoms. The van der Waals surface area contributed by atoms with Crippen LogP contribution in [0.4, 0.5) is 0 Å². The molecule has 1 heterocycles. The van der Waals surface area contributed by atoms with Gasteiger partial charge in [0.2, 0.25) is 0 Å². The molecule has 1 aromatic heterocycles. The first-order valence-electron chi connectivity index (χ1n) is 3.20. The summed E-state index contributed by atoms with van der Waals surface area (Å²) in [6, 6.07) is 1.56. The highest BCUT2D eigenvalue weighted by Crippen LogP contribution is 2.12. The summed E-state index contributed by atoms with van der Waals surface area (Å²) in [5, 5.41) is 17.7. The van der Waals surface area contributed by atoms with E-state index < -0.39 is 7.12 Å². The lowest BCUT2D eigenvalue weighted by molar-refractivity contribution is 0.402. The molecule has 0 aromatic carbocycles. The van der Waals surface area contributed by atoms with Crippen molar-refractivity contribution >= 4 is 28.5 Å². The smallest absolute Gasteiger partial charge is 0.493 e. The molecule has 12 heavy (non-hydrogen) atoms. The maximum absolute atomic E-state index is 8.85. The molecule has 2 N–H and O–H groups in total. The Morgan fingerprint density at radius 3 is 2.75 bits per heavy atom. The van der Waals surface area contributed by atoms with Crippen LogP contribution in [0.3, 0.4) is 0 Å². The van der Waals surface area contributed by atoms with E-state index in [0.717, 1.165) is 0 Å².